The fourth-order valence-electron chi connectivity index (χ4n) is 2.85. The Kier molecular flexibility index (Phi) is 5.46. The number of piperazine rings is 1. The molecule has 0 unspecified atom stereocenters. The summed E-state index contributed by atoms with van der Waals surface area (Å²) >= 11 is 0. The number of aryl methyl sites for hydroxylation is 1. The van der Waals surface area contributed by atoms with Gasteiger partial charge in [-0.05, 0) is 19.1 Å². The number of ether oxygens (including phenoxy) is 2. The van der Waals surface area contributed by atoms with E-state index in [1.54, 1.807) is 18.9 Å². The highest BCUT2D eigenvalue weighted by Crippen LogP contribution is 2.22. The molecule has 0 aliphatic carbocycles. The van der Waals surface area contributed by atoms with Crippen LogP contribution in [-0.2, 0) is 4.79 Å². The molecule has 1 aliphatic heterocycles. The lowest BCUT2D eigenvalue weighted by molar-refractivity contribution is -0.133. The summed E-state index contributed by atoms with van der Waals surface area (Å²) < 4.78 is 15.7. The van der Waals surface area contributed by atoms with Gasteiger partial charge in [-0.25, -0.2) is 0 Å². The zero-order valence-corrected chi connectivity index (χ0v) is 14.9. The lowest BCUT2D eigenvalue weighted by Gasteiger charge is -2.36. The van der Waals surface area contributed by atoms with Gasteiger partial charge in [0.2, 0.25) is 11.2 Å². The Bertz CT molecular complexity index is 825. The van der Waals surface area contributed by atoms with Gasteiger partial charge >= 0.3 is 0 Å². The minimum absolute atomic E-state index is 0.0546. The summed E-state index contributed by atoms with van der Waals surface area (Å²) in [6, 6.07) is 9.21. The molecule has 2 heterocycles. The zero-order valence-electron chi connectivity index (χ0n) is 14.9. The first kappa shape index (κ1) is 17.8. The Balaban J connectivity index is 1.52. The number of benzene rings is 1. The van der Waals surface area contributed by atoms with Crippen LogP contribution in [0.2, 0.25) is 0 Å². The maximum Gasteiger partial charge on any atom is 0.260 e. The van der Waals surface area contributed by atoms with Crippen LogP contribution in [-0.4, -0.2) is 50.7 Å². The number of nitrogens with zero attached hydrogens (tertiary/aromatic N) is 2. The van der Waals surface area contributed by atoms with Gasteiger partial charge in [0.15, 0.2) is 6.61 Å². The number of anilines is 1. The number of hydrogen-bond donors (Lipinski definition) is 0. The lowest BCUT2D eigenvalue weighted by atomic mass is 10.2. The summed E-state index contributed by atoms with van der Waals surface area (Å²) in [7, 11) is 1.64. The zero-order chi connectivity index (χ0) is 18.5. The van der Waals surface area contributed by atoms with E-state index in [1.165, 1.54) is 12.3 Å². The summed E-state index contributed by atoms with van der Waals surface area (Å²) in [5.41, 5.74) is 0.786. The van der Waals surface area contributed by atoms with Gasteiger partial charge in [-0.2, -0.15) is 0 Å². The molecule has 0 spiro atoms. The van der Waals surface area contributed by atoms with Crippen molar-refractivity contribution in [2.75, 3.05) is 44.8 Å². The fourth-order valence-corrected chi connectivity index (χ4v) is 2.85. The number of methoxy groups -OCH3 is 1. The van der Waals surface area contributed by atoms with E-state index in [2.05, 4.69) is 4.90 Å². The SMILES string of the molecule is COc1cccc(N2CCN(C(=O)COc3coc(C)cc3=O)CC2)c1. The molecule has 0 saturated carbocycles. The molecule has 3 rings (SSSR count). The average molecular weight is 358 g/mol. The summed E-state index contributed by atoms with van der Waals surface area (Å²) in [6.07, 6.45) is 1.24. The smallest absolute Gasteiger partial charge is 0.260 e. The van der Waals surface area contributed by atoms with Crippen molar-refractivity contribution < 1.29 is 18.7 Å². The summed E-state index contributed by atoms with van der Waals surface area (Å²) in [5, 5.41) is 0. The third-order valence-electron chi connectivity index (χ3n) is 4.33. The molecule has 26 heavy (non-hydrogen) atoms. The van der Waals surface area contributed by atoms with Crippen LogP contribution in [0.25, 0.3) is 0 Å². The monoisotopic (exact) mass is 358 g/mol. The van der Waals surface area contributed by atoms with Crippen molar-refractivity contribution in [3.05, 3.63) is 52.6 Å². The summed E-state index contributed by atoms with van der Waals surface area (Å²) in [5.74, 6) is 1.22. The van der Waals surface area contributed by atoms with Crippen LogP contribution in [0.1, 0.15) is 5.76 Å². The summed E-state index contributed by atoms with van der Waals surface area (Å²) in [6.45, 7) is 4.16. The standard InChI is InChI=1S/C19H22N2O5/c1-14-10-17(22)18(12-25-14)26-13-19(23)21-8-6-20(7-9-21)15-4-3-5-16(11-15)24-2/h3-5,10-12H,6-9,13H2,1-2H3. The van der Waals surface area contributed by atoms with Gasteiger partial charge in [-0.15, -0.1) is 0 Å². The minimum Gasteiger partial charge on any atom is -0.497 e. The fraction of sp³-hybridized carbons (Fsp3) is 0.368. The van der Waals surface area contributed by atoms with Gasteiger partial charge in [-0.1, -0.05) is 6.07 Å². The maximum absolute atomic E-state index is 12.3. The minimum atomic E-state index is -0.288. The Hall–Kier alpha value is -2.96. The summed E-state index contributed by atoms with van der Waals surface area (Å²) in [4.78, 5) is 28.0. The Morgan fingerprint density at radius 1 is 1.19 bits per heavy atom. The number of amides is 1. The van der Waals surface area contributed by atoms with Crippen molar-refractivity contribution >= 4 is 11.6 Å². The number of carbonyl (C=O) groups excluding carboxylic acids is 1. The third-order valence-corrected chi connectivity index (χ3v) is 4.33. The number of carbonyl (C=O) groups is 1. The molecule has 1 aliphatic rings. The Morgan fingerprint density at radius 3 is 2.65 bits per heavy atom. The molecular weight excluding hydrogens is 336 g/mol. The molecule has 7 heteroatoms. The van der Waals surface area contributed by atoms with Gasteiger partial charge < -0.3 is 23.7 Å². The first-order valence-corrected chi connectivity index (χ1v) is 8.46. The van der Waals surface area contributed by atoms with Gasteiger partial charge in [0.25, 0.3) is 5.91 Å². The first-order valence-electron chi connectivity index (χ1n) is 8.46. The Labute approximate surface area is 151 Å². The van der Waals surface area contributed by atoms with Crippen LogP contribution in [0, 0.1) is 6.92 Å². The van der Waals surface area contributed by atoms with E-state index in [4.69, 9.17) is 13.9 Å². The molecule has 0 radical (unpaired) electrons. The van der Waals surface area contributed by atoms with E-state index in [-0.39, 0.29) is 23.7 Å². The topological polar surface area (TPSA) is 72.2 Å². The predicted molar refractivity (Wildman–Crippen MR) is 97.0 cm³/mol. The van der Waals surface area contributed by atoms with Crippen LogP contribution in [0.4, 0.5) is 5.69 Å². The normalized spacial score (nSPS) is 14.2. The molecule has 7 nitrogen and oxygen atoms in total. The van der Waals surface area contributed by atoms with Crippen molar-refractivity contribution in [3.8, 4) is 11.5 Å². The van der Waals surface area contributed by atoms with Crippen LogP contribution in [0.3, 0.4) is 0 Å². The Morgan fingerprint density at radius 2 is 1.96 bits per heavy atom. The van der Waals surface area contributed by atoms with Gasteiger partial charge in [0.1, 0.15) is 17.8 Å². The number of hydrogen-bond acceptors (Lipinski definition) is 6. The largest absolute Gasteiger partial charge is 0.497 e. The van der Waals surface area contributed by atoms with Crippen molar-refractivity contribution in [2.24, 2.45) is 0 Å². The van der Waals surface area contributed by atoms with Crippen LogP contribution in [0.15, 0.2) is 45.8 Å². The first-order chi connectivity index (χ1) is 12.6. The molecule has 1 aromatic carbocycles. The van der Waals surface area contributed by atoms with Crippen LogP contribution < -0.4 is 19.8 Å². The highest BCUT2D eigenvalue weighted by atomic mass is 16.5. The van der Waals surface area contributed by atoms with Gasteiger partial charge in [-0.3, -0.25) is 9.59 Å². The van der Waals surface area contributed by atoms with E-state index >= 15 is 0 Å². The van der Waals surface area contributed by atoms with Crippen molar-refractivity contribution in [1.29, 1.82) is 0 Å². The van der Waals surface area contributed by atoms with Gasteiger partial charge in [0.05, 0.1) is 7.11 Å². The molecular formula is C19H22N2O5. The van der Waals surface area contributed by atoms with E-state index in [9.17, 15) is 9.59 Å². The third kappa shape index (κ3) is 4.17. The number of rotatable bonds is 5. The highest BCUT2D eigenvalue weighted by Gasteiger charge is 2.22. The molecule has 0 N–H and O–H groups in total. The molecule has 2 aromatic rings. The molecule has 1 amide bonds. The van der Waals surface area contributed by atoms with Crippen LogP contribution in [0.5, 0.6) is 11.5 Å². The second-order valence-electron chi connectivity index (χ2n) is 6.08. The van der Waals surface area contributed by atoms with Gasteiger partial charge in [0, 0.05) is 44.0 Å². The average Bonchev–Trinajstić information content (AvgIpc) is 2.67. The molecule has 1 aromatic heterocycles. The molecule has 1 saturated heterocycles. The molecule has 0 atom stereocenters. The van der Waals surface area contributed by atoms with Crippen molar-refractivity contribution in [2.45, 2.75) is 6.92 Å². The lowest BCUT2D eigenvalue weighted by Crippen LogP contribution is -2.50. The van der Waals surface area contributed by atoms with Crippen LogP contribution >= 0.6 is 0 Å². The molecule has 1 fully saturated rings. The van der Waals surface area contributed by atoms with E-state index in [0.717, 1.165) is 24.5 Å². The van der Waals surface area contributed by atoms with Crippen molar-refractivity contribution in [3.63, 3.8) is 0 Å². The second kappa shape index (κ2) is 7.95. The highest BCUT2D eigenvalue weighted by molar-refractivity contribution is 5.78. The maximum atomic E-state index is 12.3. The quantitative estimate of drug-likeness (QED) is 0.810. The second-order valence-corrected chi connectivity index (χ2v) is 6.08. The predicted octanol–water partition coefficient (Wildman–Crippen LogP) is 1.68. The van der Waals surface area contributed by atoms with E-state index in [1.807, 2.05) is 24.3 Å². The molecule has 0 bridgehead atoms. The van der Waals surface area contributed by atoms with E-state index in [0.29, 0.717) is 18.8 Å². The van der Waals surface area contributed by atoms with Crippen molar-refractivity contribution in [1.82, 2.24) is 4.90 Å². The molecule has 138 valence electrons. The van der Waals surface area contributed by atoms with E-state index < -0.39 is 0 Å².